The number of carbonyl (C=O) groups is 1. The van der Waals surface area contributed by atoms with Crippen molar-refractivity contribution < 1.29 is 18.7 Å². The summed E-state index contributed by atoms with van der Waals surface area (Å²) in [5, 5.41) is 3.37. The van der Waals surface area contributed by atoms with Gasteiger partial charge in [0.05, 0.1) is 26.7 Å². The summed E-state index contributed by atoms with van der Waals surface area (Å²) >= 11 is 5.96. The van der Waals surface area contributed by atoms with E-state index in [-0.39, 0.29) is 24.1 Å². The van der Waals surface area contributed by atoms with E-state index in [1.165, 1.54) is 26.4 Å². The van der Waals surface area contributed by atoms with E-state index < -0.39 is 5.82 Å². The standard InChI is InChI=1S/C18H19ClFNO3/c1-11(12-4-6-17(24-3)15(20)9-12)21-18(22)10-13-8-14(19)5-7-16(13)23-2/h4-9,11H,10H2,1-3H3,(H,21,22). The van der Waals surface area contributed by atoms with E-state index in [2.05, 4.69) is 5.32 Å². The van der Waals surface area contributed by atoms with Crippen LogP contribution in [0.1, 0.15) is 24.1 Å². The van der Waals surface area contributed by atoms with Crippen LogP contribution < -0.4 is 14.8 Å². The van der Waals surface area contributed by atoms with Crippen molar-refractivity contribution in [1.29, 1.82) is 0 Å². The summed E-state index contributed by atoms with van der Waals surface area (Å²) in [6.45, 7) is 1.79. The lowest BCUT2D eigenvalue weighted by molar-refractivity contribution is -0.121. The fraction of sp³-hybridized carbons (Fsp3) is 0.278. The Balaban J connectivity index is 2.07. The third kappa shape index (κ3) is 4.38. The van der Waals surface area contributed by atoms with E-state index in [1.54, 1.807) is 31.2 Å². The maximum absolute atomic E-state index is 13.8. The Labute approximate surface area is 145 Å². The van der Waals surface area contributed by atoms with Crippen molar-refractivity contribution in [3.05, 3.63) is 58.4 Å². The molecule has 0 aliphatic carbocycles. The van der Waals surface area contributed by atoms with Gasteiger partial charge in [-0.3, -0.25) is 4.79 Å². The zero-order chi connectivity index (χ0) is 17.7. The van der Waals surface area contributed by atoms with Crippen LogP contribution in [-0.4, -0.2) is 20.1 Å². The molecule has 0 heterocycles. The van der Waals surface area contributed by atoms with Gasteiger partial charge in [-0.25, -0.2) is 4.39 Å². The molecular formula is C18H19ClFNO3. The van der Waals surface area contributed by atoms with Gasteiger partial charge in [0.2, 0.25) is 5.91 Å². The predicted octanol–water partition coefficient (Wildman–Crippen LogP) is 3.92. The van der Waals surface area contributed by atoms with Gasteiger partial charge in [-0.1, -0.05) is 17.7 Å². The third-order valence-corrected chi connectivity index (χ3v) is 3.88. The molecule has 1 N–H and O–H groups in total. The van der Waals surface area contributed by atoms with Crippen LogP contribution in [0.5, 0.6) is 11.5 Å². The number of methoxy groups -OCH3 is 2. The number of ether oxygens (including phenoxy) is 2. The Morgan fingerprint density at radius 3 is 2.46 bits per heavy atom. The van der Waals surface area contributed by atoms with E-state index in [4.69, 9.17) is 21.1 Å². The molecule has 0 aromatic heterocycles. The fourth-order valence-corrected chi connectivity index (χ4v) is 2.58. The number of hydrogen-bond donors (Lipinski definition) is 1. The quantitative estimate of drug-likeness (QED) is 0.858. The Morgan fingerprint density at radius 1 is 1.17 bits per heavy atom. The number of nitrogens with one attached hydrogen (secondary N) is 1. The van der Waals surface area contributed by atoms with E-state index in [0.717, 1.165) is 0 Å². The summed E-state index contributed by atoms with van der Waals surface area (Å²) < 4.78 is 23.9. The molecule has 4 nitrogen and oxygen atoms in total. The van der Waals surface area contributed by atoms with Gasteiger partial charge in [0.1, 0.15) is 5.75 Å². The molecule has 0 saturated heterocycles. The highest BCUT2D eigenvalue weighted by molar-refractivity contribution is 6.30. The Hall–Kier alpha value is -2.27. The summed E-state index contributed by atoms with van der Waals surface area (Å²) in [7, 11) is 2.94. The van der Waals surface area contributed by atoms with Crippen molar-refractivity contribution in [3.63, 3.8) is 0 Å². The topological polar surface area (TPSA) is 47.6 Å². The van der Waals surface area contributed by atoms with Crippen LogP contribution in [-0.2, 0) is 11.2 Å². The van der Waals surface area contributed by atoms with Gasteiger partial charge in [0, 0.05) is 10.6 Å². The molecule has 0 radical (unpaired) electrons. The SMILES string of the molecule is COc1ccc(C(C)NC(=O)Cc2cc(Cl)ccc2OC)cc1F. The first-order valence-electron chi connectivity index (χ1n) is 7.39. The molecule has 0 saturated carbocycles. The summed E-state index contributed by atoms with van der Waals surface area (Å²) in [5.74, 6) is 0.0885. The van der Waals surface area contributed by atoms with Crippen molar-refractivity contribution >= 4 is 17.5 Å². The number of amides is 1. The highest BCUT2D eigenvalue weighted by Crippen LogP contribution is 2.24. The van der Waals surface area contributed by atoms with E-state index in [0.29, 0.717) is 21.9 Å². The molecule has 0 bridgehead atoms. The molecular weight excluding hydrogens is 333 g/mol. The second kappa shape index (κ2) is 8.02. The average Bonchev–Trinajstić information content (AvgIpc) is 2.54. The van der Waals surface area contributed by atoms with Crippen LogP contribution in [0.2, 0.25) is 5.02 Å². The lowest BCUT2D eigenvalue weighted by Gasteiger charge is -2.16. The van der Waals surface area contributed by atoms with Crippen molar-refractivity contribution in [2.75, 3.05) is 14.2 Å². The Kier molecular flexibility index (Phi) is 6.04. The van der Waals surface area contributed by atoms with Crippen LogP contribution >= 0.6 is 11.6 Å². The highest BCUT2D eigenvalue weighted by atomic mass is 35.5. The lowest BCUT2D eigenvalue weighted by Crippen LogP contribution is -2.28. The zero-order valence-corrected chi connectivity index (χ0v) is 14.5. The maximum atomic E-state index is 13.8. The molecule has 1 amide bonds. The van der Waals surface area contributed by atoms with Crippen LogP contribution in [0, 0.1) is 5.82 Å². The van der Waals surface area contributed by atoms with E-state index >= 15 is 0 Å². The second-order valence-electron chi connectivity index (χ2n) is 5.32. The monoisotopic (exact) mass is 351 g/mol. The van der Waals surface area contributed by atoms with Crippen LogP contribution in [0.15, 0.2) is 36.4 Å². The molecule has 2 aromatic rings. The molecule has 1 unspecified atom stereocenters. The molecule has 0 aliphatic heterocycles. The highest BCUT2D eigenvalue weighted by Gasteiger charge is 2.14. The van der Waals surface area contributed by atoms with Crippen molar-refractivity contribution in [2.24, 2.45) is 0 Å². The zero-order valence-electron chi connectivity index (χ0n) is 13.7. The molecule has 24 heavy (non-hydrogen) atoms. The summed E-state index contributed by atoms with van der Waals surface area (Å²) in [6, 6.07) is 9.36. The molecule has 6 heteroatoms. The first-order chi connectivity index (χ1) is 11.4. The fourth-order valence-electron chi connectivity index (χ4n) is 2.39. The maximum Gasteiger partial charge on any atom is 0.225 e. The molecule has 0 spiro atoms. The van der Waals surface area contributed by atoms with Crippen molar-refractivity contribution in [3.8, 4) is 11.5 Å². The molecule has 2 aromatic carbocycles. The Bertz CT molecular complexity index is 736. The van der Waals surface area contributed by atoms with Gasteiger partial charge in [-0.15, -0.1) is 0 Å². The van der Waals surface area contributed by atoms with Gasteiger partial charge < -0.3 is 14.8 Å². The lowest BCUT2D eigenvalue weighted by atomic mass is 10.1. The number of benzene rings is 2. The minimum atomic E-state index is -0.465. The number of rotatable bonds is 6. The summed E-state index contributed by atoms with van der Waals surface area (Å²) in [4.78, 5) is 12.3. The van der Waals surface area contributed by atoms with Gasteiger partial charge in [-0.05, 0) is 42.8 Å². The second-order valence-corrected chi connectivity index (χ2v) is 5.75. The van der Waals surface area contributed by atoms with Crippen molar-refractivity contribution in [1.82, 2.24) is 5.32 Å². The van der Waals surface area contributed by atoms with Crippen LogP contribution in [0.25, 0.3) is 0 Å². The largest absolute Gasteiger partial charge is 0.496 e. The summed E-state index contributed by atoms with van der Waals surface area (Å²) in [6.07, 6.45) is 0.118. The number of halogens is 2. The molecule has 2 rings (SSSR count). The minimum Gasteiger partial charge on any atom is -0.496 e. The van der Waals surface area contributed by atoms with Crippen molar-refractivity contribution in [2.45, 2.75) is 19.4 Å². The van der Waals surface area contributed by atoms with E-state index in [1.807, 2.05) is 0 Å². The average molecular weight is 352 g/mol. The molecule has 1 atom stereocenters. The van der Waals surface area contributed by atoms with Gasteiger partial charge >= 0.3 is 0 Å². The van der Waals surface area contributed by atoms with Crippen LogP contribution in [0.4, 0.5) is 4.39 Å². The predicted molar refractivity (Wildman–Crippen MR) is 91.2 cm³/mol. The number of carbonyl (C=O) groups excluding carboxylic acids is 1. The first kappa shape index (κ1) is 18.1. The normalized spacial score (nSPS) is 11.7. The number of hydrogen-bond acceptors (Lipinski definition) is 3. The van der Waals surface area contributed by atoms with Gasteiger partial charge in [-0.2, -0.15) is 0 Å². The first-order valence-corrected chi connectivity index (χ1v) is 7.77. The Morgan fingerprint density at radius 2 is 1.83 bits per heavy atom. The van der Waals surface area contributed by atoms with Gasteiger partial charge in [0.25, 0.3) is 0 Å². The summed E-state index contributed by atoms with van der Waals surface area (Å²) in [5.41, 5.74) is 1.34. The molecule has 0 aliphatic rings. The van der Waals surface area contributed by atoms with Crippen LogP contribution in [0.3, 0.4) is 0 Å². The molecule has 0 fully saturated rings. The molecule has 128 valence electrons. The third-order valence-electron chi connectivity index (χ3n) is 3.65. The van der Waals surface area contributed by atoms with Gasteiger partial charge in [0.15, 0.2) is 11.6 Å². The minimum absolute atomic E-state index is 0.118. The van der Waals surface area contributed by atoms with E-state index in [9.17, 15) is 9.18 Å². The smallest absolute Gasteiger partial charge is 0.225 e.